The SMILES string of the molecule is COCCC1CC(C2(C3C=C(C(C)C)C(O)=C(COC)C3)C3=C(CCC=C3)OC3CCCCC32)=CC(C(C)C)=C1O. The molecule has 0 spiro atoms. The summed E-state index contributed by atoms with van der Waals surface area (Å²) in [6.07, 6.45) is 18.6. The Morgan fingerprint density at radius 2 is 1.80 bits per heavy atom. The van der Waals surface area contributed by atoms with E-state index in [0.717, 1.165) is 61.7 Å². The van der Waals surface area contributed by atoms with Crippen molar-refractivity contribution in [2.75, 3.05) is 27.4 Å². The third kappa shape index (κ3) is 5.38. The van der Waals surface area contributed by atoms with Crippen LogP contribution in [0.4, 0.5) is 0 Å². The topological polar surface area (TPSA) is 68.2 Å². The lowest BCUT2D eigenvalue weighted by Crippen LogP contribution is -2.52. The predicted molar refractivity (Wildman–Crippen MR) is 164 cm³/mol. The molecule has 0 aromatic rings. The molecule has 5 unspecified atom stereocenters. The molecule has 1 heterocycles. The van der Waals surface area contributed by atoms with Gasteiger partial charge >= 0.3 is 0 Å². The van der Waals surface area contributed by atoms with Crippen LogP contribution in [-0.4, -0.2) is 43.8 Å². The lowest BCUT2D eigenvalue weighted by Gasteiger charge is -2.57. The summed E-state index contributed by atoms with van der Waals surface area (Å²) in [7, 11) is 3.47. The summed E-state index contributed by atoms with van der Waals surface area (Å²) in [5.41, 5.74) is 5.59. The summed E-state index contributed by atoms with van der Waals surface area (Å²) >= 11 is 0. The number of methoxy groups -OCH3 is 2. The molecule has 1 saturated carbocycles. The minimum Gasteiger partial charge on any atom is -0.512 e. The van der Waals surface area contributed by atoms with Gasteiger partial charge in [0.25, 0.3) is 0 Å². The second-order valence-electron chi connectivity index (χ2n) is 13.5. The molecule has 5 heteroatoms. The van der Waals surface area contributed by atoms with Crippen molar-refractivity contribution in [3.8, 4) is 0 Å². The van der Waals surface area contributed by atoms with E-state index in [0.29, 0.717) is 30.6 Å². The molecule has 41 heavy (non-hydrogen) atoms. The Morgan fingerprint density at radius 3 is 2.51 bits per heavy atom. The van der Waals surface area contributed by atoms with Gasteiger partial charge in [0.1, 0.15) is 17.6 Å². The molecule has 5 atom stereocenters. The molecular weight excluding hydrogens is 512 g/mol. The smallest absolute Gasteiger partial charge is 0.120 e. The first-order valence-electron chi connectivity index (χ1n) is 16.1. The molecule has 0 saturated heterocycles. The summed E-state index contributed by atoms with van der Waals surface area (Å²) in [4.78, 5) is 0. The zero-order valence-corrected chi connectivity index (χ0v) is 26.2. The summed E-state index contributed by atoms with van der Waals surface area (Å²) in [5, 5.41) is 22.9. The maximum atomic E-state index is 11.5. The van der Waals surface area contributed by atoms with Crippen molar-refractivity contribution < 1.29 is 24.4 Å². The fourth-order valence-electron chi connectivity index (χ4n) is 8.55. The molecular formula is C36H52O5. The lowest BCUT2D eigenvalue weighted by atomic mass is 9.49. The van der Waals surface area contributed by atoms with Crippen LogP contribution in [0.1, 0.15) is 85.5 Å². The van der Waals surface area contributed by atoms with Gasteiger partial charge in [-0.25, -0.2) is 0 Å². The van der Waals surface area contributed by atoms with Crippen molar-refractivity contribution in [3.05, 3.63) is 69.4 Å². The molecule has 226 valence electrons. The summed E-state index contributed by atoms with van der Waals surface area (Å²) in [5.74, 6) is 3.06. The zero-order chi connectivity index (χ0) is 29.3. The highest BCUT2D eigenvalue weighted by atomic mass is 16.5. The summed E-state index contributed by atoms with van der Waals surface area (Å²) < 4.78 is 18.1. The number of fused-ring (bicyclic) bond motifs is 1. The molecule has 0 amide bonds. The molecule has 1 aliphatic heterocycles. The fraction of sp³-hybridized carbons (Fsp3) is 0.667. The Balaban J connectivity index is 1.79. The monoisotopic (exact) mass is 564 g/mol. The summed E-state index contributed by atoms with van der Waals surface area (Å²) in [6.45, 7) is 9.80. The van der Waals surface area contributed by atoms with Gasteiger partial charge in [-0.1, -0.05) is 64.0 Å². The Morgan fingerprint density at radius 1 is 1.02 bits per heavy atom. The molecule has 2 N–H and O–H groups in total. The van der Waals surface area contributed by atoms with Crippen molar-refractivity contribution in [3.63, 3.8) is 0 Å². The first-order chi connectivity index (χ1) is 19.7. The van der Waals surface area contributed by atoms with Crippen LogP contribution >= 0.6 is 0 Å². The van der Waals surface area contributed by atoms with Crippen molar-refractivity contribution in [2.45, 2.75) is 91.6 Å². The van der Waals surface area contributed by atoms with Crippen LogP contribution in [0.2, 0.25) is 0 Å². The standard InChI is InChI=1S/C36H52O5/c1-22(2)28-19-26(17-24(34(28)37)15-16-39-5)36(27-18-25(21-40-6)35(38)29(20-27)23(3)4)30-11-7-9-13-32(30)41-33-14-10-8-12-31(33)36/h7,11,19-20,22-24,27,31,33,37-38H,8-10,12-18,21H2,1-6H3. The van der Waals surface area contributed by atoms with E-state index in [1.165, 1.54) is 29.7 Å². The van der Waals surface area contributed by atoms with Crippen LogP contribution in [-0.2, 0) is 14.2 Å². The fourth-order valence-corrected chi connectivity index (χ4v) is 8.55. The molecule has 0 bridgehead atoms. The highest BCUT2D eigenvalue weighted by Crippen LogP contribution is 2.64. The van der Waals surface area contributed by atoms with Gasteiger partial charge in [-0.15, -0.1) is 0 Å². The molecule has 0 aromatic heterocycles. The lowest BCUT2D eigenvalue weighted by molar-refractivity contribution is -0.0531. The predicted octanol–water partition coefficient (Wildman–Crippen LogP) is 8.68. The van der Waals surface area contributed by atoms with Crippen LogP contribution in [0.5, 0.6) is 0 Å². The van der Waals surface area contributed by atoms with Crippen LogP contribution in [0.3, 0.4) is 0 Å². The quantitative estimate of drug-likeness (QED) is 0.293. The molecule has 5 aliphatic rings. The third-order valence-electron chi connectivity index (χ3n) is 10.4. The van der Waals surface area contributed by atoms with Crippen LogP contribution in [0.15, 0.2) is 69.4 Å². The Labute approximate surface area is 247 Å². The van der Waals surface area contributed by atoms with Gasteiger partial charge in [-0.3, -0.25) is 0 Å². The van der Waals surface area contributed by atoms with Crippen LogP contribution in [0, 0.1) is 35.0 Å². The van der Waals surface area contributed by atoms with Gasteiger partial charge in [0, 0.05) is 50.1 Å². The molecule has 0 radical (unpaired) electrons. The van der Waals surface area contributed by atoms with Gasteiger partial charge in [0.2, 0.25) is 0 Å². The van der Waals surface area contributed by atoms with Gasteiger partial charge in [0.15, 0.2) is 0 Å². The Bertz CT molecular complexity index is 1180. The second kappa shape index (κ2) is 12.6. The van der Waals surface area contributed by atoms with E-state index in [9.17, 15) is 10.2 Å². The van der Waals surface area contributed by atoms with E-state index in [-0.39, 0.29) is 35.2 Å². The number of allylic oxidation sites excluding steroid dienone is 10. The van der Waals surface area contributed by atoms with Gasteiger partial charge in [-0.05, 0) is 79.4 Å². The summed E-state index contributed by atoms with van der Waals surface area (Å²) in [6, 6.07) is 0. The maximum Gasteiger partial charge on any atom is 0.120 e. The van der Waals surface area contributed by atoms with Gasteiger partial charge in [0.05, 0.1) is 12.4 Å². The first kappa shape index (κ1) is 30.2. The van der Waals surface area contributed by atoms with E-state index < -0.39 is 0 Å². The van der Waals surface area contributed by atoms with E-state index in [1.54, 1.807) is 14.2 Å². The third-order valence-corrected chi connectivity index (χ3v) is 10.4. The largest absolute Gasteiger partial charge is 0.512 e. The number of aliphatic hydroxyl groups excluding tert-OH is 2. The Hall–Kier alpha value is -2.24. The number of hydrogen-bond donors (Lipinski definition) is 2. The minimum atomic E-state index is -0.276. The van der Waals surface area contributed by atoms with E-state index in [4.69, 9.17) is 14.2 Å². The van der Waals surface area contributed by atoms with Crippen molar-refractivity contribution in [2.24, 2.45) is 35.0 Å². The normalized spacial score (nSPS) is 32.2. The van der Waals surface area contributed by atoms with Crippen LogP contribution < -0.4 is 0 Å². The number of ether oxygens (including phenoxy) is 3. The average molecular weight is 565 g/mol. The highest BCUT2D eigenvalue weighted by Gasteiger charge is 2.58. The minimum absolute atomic E-state index is 0.0326. The highest BCUT2D eigenvalue weighted by molar-refractivity contribution is 5.52. The van der Waals surface area contributed by atoms with E-state index in [1.807, 2.05) is 0 Å². The van der Waals surface area contributed by atoms with E-state index in [2.05, 4.69) is 52.0 Å². The number of rotatable bonds is 9. The first-order valence-corrected chi connectivity index (χ1v) is 16.1. The van der Waals surface area contributed by atoms with Crippen molar-refractivity contribution in [1.29, 1.82) is 0 Å². The van der Waals surface area contributed by atoms with Crippen molar-refractivity contribution in [1.82, 2.24) is 0 Å². The number of aliphatic hydroxyl groups is 2. The Kier molecular flexibility index (Phi) is 9.25. The van der Waals surface area contributed by atoms with Gasteiger partial charge in [-0.2, -0.15) is 0 Å². The van der Waals surface area contributed by atoms with E-state index >= 15 is 0 Å². The maximum absolute atomic E-state index is 11.5. The molecule has 0 aromatic carbocycles. The molecule has 5 rings (SSSR count). The number of hydrogen-bond acceptors (Lipinski definition) is 5. The zero-order valence-electron chi connectivity index (χ0n) is 26.2. The second-order valence-corrected chi connectivity index (χ2v) is 13.5. The molecule has 5 nitrogen and oxygen atoms in total. The molecule has 1 fully saturated rings. The van der Waals surface area contributed by atoms with Crippen molar-refractivity contribution >= 4 is 0 Å². The van der Waals surface area contributed by atoms with Gasteiger partial charge < -0.3 is 24.4 Å². The molecule has 4 aliphatic carbocycles. The average Bonchev–Trinajstić information content (AvgIpc) is 2.96. The van der Waals surface area contributed by atoms with Crippen LogP contribution in [0.25, 0.3) is 0 Å².